The molecular formula is C25H33FN4O4. The van der Waals surface area contributed by atoms with E-state index in [-0.39, 0.29) is 42.5 Å². The molecule has 3 amide bonds. The predicted octanol–water partition coefficient (Wildman–Crippen LogP) is 3.16. The van der Waals surface area contributed by atoms with Gasteiger partial charge in [-0.15, -0.1) is 0 Å². The first kappa shape index (κ1) is 25.4. The number of nitrogens with one attached hydrogen (secondary N) is 1. The standard InChI is InChI=1S/C25H33FN4O4/c1-5-10-27-25(33)29(4)14-22-16(2)13-30(17(3)15-31)24(32)20-11-18(12-28-23(20)34-22)19-8-6-7-9-21(19)26/h6-9,11-12,16-17,22,31H,5,10,13-15H2,1-4H3,(H,27,33)/t16-,17-,22-/m1/s1. The van der Waals surface area contributed by atoms with Gasteiger partial charge >= 0.3 is 6.03 Å². The number of hydrogen-bond donors (Lipinski definition) is 2. The van der Waals surface area contributed by atoms with Gasteiger partial charge in [0.05, 0.1) is 19.2 Å². The second-order valence-electron chi connectivity index (χ2n) is 8.79. The Kier molecular flexibility index (Phi) is 8.44. The van der Waals surface area contributed by atoms with Crippen LogP contribution in [0, 0.1) is 11.7 Å². The zero-order valence-electron chi connectivity index (χ0n) is 20.1. The summed E-state index contributed by atoms with van der Waals surface area (Å²) in [6.45, 7) is 6.64. The van der Waals surface area contributed by atoms with Gasteiger partial charge in [0.2, 0.25) is 5.88 Å². The van der Waals surface area contributed by atoms with Crippen LogP contribution in [0.3, 0.4) is 0 Å². The molecule has 0 saturated heterocycles. The zero-order valence-corrected chi connectivity index (χ0v) is 20.1. The summed E-state index contributed by atoms with van der Waals surface area (Å²) in [5, 5.41) is 12.6. The Balaban J connectivity index is 1.99. The number of benzene rings is 1. The van der Waals surface area contributed by atoms with Gasteiger partial charge in [-0.1, -0.05) is 32.0 Å². The van der Waals surface area contributed by atoms with Crippen LogP contribution in [0.4, 0.5) is 9.18 Å². The molecule has 2 N–H and O–H groups in total. The highest BCUT2D eigenvalue weighted by atomic mass is 19.1. The molecule has 9 heteroatoms. The van der Waals surface area contributed by atoms with Crippen molar-refractivity contribution in [1.29, 1.82) is 0 Å². The number of amides is 3. The first-order valence-corrected chi connectivity index (χ1v) is 11.6. The summed E-state index contributed by atoms with van der Waals surface area (Å²) >= 11 is 0. The highest BCUT2D eigenvalue weighted by molar-refractivity contribution is 5.98. The average Bonchev–Trinajstić information content (AvgIpc) is 2.84. The van der Waals surface area contributed by atoms with Crippen molar-refractivity contribution in [3.8, 4) is 17.0 Å². The third-order valence-electron chi connectivity index (χ3n) is 6.03. The molecule has 34 heavy (non-hydrogen) atoms. The molecule has 1 aromatic heterocycles. The van der Waals surface area contributed by atoms with Crippen molar-refractivity contribution in [2.75, 3.05) is 33.3 Å². The number of pyridine rings is 1. The maximum Gasteiger partial charge on any atom is 0.317 e. The molecule has 1 aromatic carbocycles. The van der Waals surface area contributed by atoms with Crippen LogP contribution in [-0.4, -0.2) is 77.3 Å². The third-order valence-corrected chi connectivity index (χ3v) is 6.03. The number of likely N-dealkylation sites (N-methyl/N-ethyl adjacent to an activating group) is 1. The number of nitrogens with zero attached hydrogens (tertiary/aromatic N) is 3. The zero-order chi connectivity index (χ0) is 24.8. The Morgan fingerprint density at radius 2 is 2.12 bits per heavy atom. The predicted molar refractivity (Wildman–Crippen MR) is 127 cm³/mol. The smallest absolute Gasteiger partial charge is 0.317 e. The van der Waals surface area contributed by atoms with Crippen LogP contribution in [0.5, 0.6) is 5.88 Å². The van der Waals surface area contributed by atoms with Gasteiger partial charge in [-0.25, -0.2) is 14.2 Å². The molecular weight excluding hydrogens is 439 g/mol. The molecule has 0 unspecified atom stereocenters. The molecule has 3 atom stereocenters. The lowest BCUT2D eigenvalue weighted by atomic mass is 9.99. The summed E-state index contributed by atoms with van der Waals surface area (Å²) in [7, 11) is 1.69. The van der Waals surface area contributed by atoms with Crippen molar-refractivity contribution in [3.63, 3.8) is 0 Å². The van der Waals surface area contributed by atoms with E-state index in [9.17, 15) is 19.1 Å². The lowest BCUT2D eigenvalue weighted by Crippen LogP contribution is -2.51. The number of fused-ring (bicyclic) bond motifs is 1. The van der Waals surface area contributed by atoms with E-state index >= 15 is 0 Å². The molecule has 0 radical (unpaired) electrons. The van der Waals surface area contributed by atoms with Crippen molar-refractivity contribution >= 4 is 11.9 Å². The summed E-state index contributed by atoms with van der Waals surface area (Å²) in [6, 6.07) is 7.20. The van der Waals surface area contributed by atoms with Crippen LogP contribution in [0.25, 0.3) is 11.1 Å². The summed E-state index contributed by atoms with van der Waals surface area (Å²) in [5.74, 6) is -0.795. The molecule has 184 valence electrons. The largest absolute Gasteiger partial charge is 0.472 e. The normalized spacial score (nSPS) is 18.9. The number of aliphatic hydroxyl groups excluding tert-OH is 1. The van der Waals surface area contributed by atoms with Crippen LogP contribution < -0.4 is 10.1 Å². The van der Waals surface area contributed by atoms with Gasteiger partial charge in [-0.3, -0.25) is 4.79 Å². The highest BCUT2D eigenvalue weighted by Gasteiger charge is 2.34. The molecule has 0 fully saturated rings. The summed E-state index contributed by atoms with van der Waals surface area (Å²) in [6.07, 6.45) is 1.85. The third kappa shape index (κ3) is 5.64. The molecule has 3 rings (SSSR count). The Labute approximate surface area is 199 Å². The molecule has 1 aliphatic heterocycles. The molecule has 2 heterocycles. The fourth-order valence-corrected chi connectivity index (χ4v) is 3.88. The topological polar surface area (TPSA) is 95.0 Å². The second kappa shape index (κ2) is 11.3. The second-order valence-corrected chi connectivity index (χ2v) is 8.79. The summed E-state index contributed by atoms with van der Waals surface area (Å²) < 4.78 is 20.6. The lowest BCUT2D eigenvalue weighted by Gasteiger charge is -2.37. The van der Waals surface area contributed by atoms with E-state index < -0.39 is 18.0 Å². The lowest BCUT2D eigenvalue weighted by molar-refractivity contribution is 0.0352. The monoisotopic (exact) mass is 472 g/mol. The molecule has 0 aliphatic carbocycles. The van der Waals surface area contributed by atoms with Crippen molar-refractivity contribution < 1.29 is 23.8 Å². The van der Waals surface area contributed by atoms with Crippen LogP contribution >= 0.6 is 0 Å². The fraction of sp³-hybridized carbons (Fsp3) is 0.480. The average molecular weight is 473 g/mol. The Bertz CT molecular complexity index is 1020. The minimum Gasteiger partial charge on any atom is -0.472 e. The Morgan fingerprint density at radius 3 is 2.79 bits per heavy atom. The van der Waals surface area contributed by atoms with E-state index in [1.807, 2.05) is 13.8 Å². The first-order valence-electron chi connectivity index (χ1n) is 11.6. The number of halogens is 1. The highest BCUT2D eigenvalue weighted by Crippen LogP contribution is 2.31. The number of carbonyl (C=O) groups excluding carboxylic acids is 2. The van der Waals surface area contributed by atoms with E-state index in [2.05, 4.69) is 10.3 Å². The van der Waals surface area contributed by atoms with Crippen LogP contribution in [-0.2, 0) is 0 Å². The summed E-state index contributed by atoms with van der Waals surface area (Å²) in [5.41, 5.74) is 0.967. The number of rotatable bonds is 7. The van der Waals surface area contributed by atoms with Crippen molar-refractivity contribution in [2.45, 2.75) is 39.3 Å². The fourth-order valence-electron chi connectivity index (χ4n) is 3.88. The molecule has 0 spiro atoms. The Morgan fingerprint density at radius 1 is 1.38 bits per heavy atom. The SMILES string of the molecule is CCCNC(=O)N(C)C[C@H]1Oc2ncc(-c3ccccc3F)cc2C(=O)N([C@H](C)CO)C[C@H]1C. The van der Waals surface area contributed by atoms with E-state index in [0.717, 1.165) is 6.42 Å². The number of urea groups is 1. The maximum atomic E-state index is 14.4. The number of carbonyl (C=O) groups is 2. The molecule has 1 aliphatic rings. The molecule has 0 saturated carbocycles. The van der Waals surface area contributed by atoms with Crippen molar-refractivity contribution in [3.05, 3.63) is 47.9 Å². The van der Waals surface area contributed by atoms with Crippen LogP contribution in [0.2, 0.25) is 0 Å². The van der Waals surface area contributed by atoms with Gasteiger partial charge in [0.1, 0.15) is 17.5 Å². The first-order chi connectivity index (χ1) is 16.3. The van der Waals surface area contributed by atoms with Gasteiger partial charge in [0, 0.05) is 43.4 Å². The number of aromatic nitrogens is 1. The van der Waals surface area contributed by atoms with Gasteiger partial charge < -0.3 is 25.0 Å². The van der Waals surface area contributed by atoms with Crippen molar-refractivity contribution in [1.82, 2.24) is 20.1 Å². The van der Waals surface area contributed by atoms with E-state index in [1.54, 1.807) is 48.0 Å². The molecule has 8 nitrogen and oxygen atoms in total. The van der Waals surface area contributed by atoms with Gasteiger partial charge in [0.25, 0.3) is 5.91 Å². The summed E-state index contributed by atoms with van der Waals surface area (Å²) in [4.78, 5) is 33.4. The van der Waals surface area contributed by atoms with Crippen molar-refractivity contribution in [2.24, 2.45) is 5.92 Å². The van der Waals surface area contributed by atoms with E-state index in [0.29, 0.717) is 24.2 Å². The van der Waals surface area contributed by atoms with Crippen LogP contribution in [0.15, 0.2) is 36.5 Å². The number of aliphatic hydroxyl groups is 1. The van der Waals surface area contributed by atoms with Gasteiger partial charge in [-0.05, 0) is 25.5 Å². The minimum absolute atomic E-state index is 0.124. The number of ether oxygens (including phenoxy) is 1. The minimum atomic E-state index is -0.454. The quantitative estimate of drug-likeness (QED) is 0.646. The van der Waals surface area contributed by atoms with Gasteiger partial charge in [0.15, 0.2) is 0 Å². The van der Waals surface area contributed by atoms with Crippen LogP contribution in [0.1, 0.15) is 37.6 Å². The maximum absolute atomic E-state index is 14.4. The van der Waals surface area contributed by atoms with E-state index in [4.69, 9.17) is 4.74 Å². The molecule has 2 aromatic rings. The number of hydrogen-bond acceptors (Lipinski definition) is 5. The van der Waals surface area contributed by atoms with Gasteiger partial charge in [-0.2, -0.15) is 0 Å². The van der Waals surface area contributed by atoms with E-state index in [1.165, 1.54) is 12.3 Å². The molecule has 0 bridgehead atoms. The Hall–Kier alpha value is -3.20.